The first-order valence-electron chi connectivity index (χ1n) is 10.2. The third-order valence-corrected chi connectivity index (χ3v) is 9.64. The second-order valence-corrected chi connectivity index (χ2v) is 10.3. The summed E-state index contributed by atoms with van der Waals surface area (Å²) in [6.45, 7) is 4.68. The predicted molar refractivity (Wildman–Crippen MR) is 124 cm³/mol. The predicted octanol–water partition coefficient (Wildman–Crippen LogP) is 7.08. The van der Waals surface area contributed by atoms with Crippen LogP contribution in [0.4, 0.5) is 0 Å². The van der Waals surface area contributed by atoms with E-state index in [0.29, 0.717) is 0 Å². The van der Waals surface area contributed by atoms with Gasteiger partial charge in [-0.15, -0.1) is 0 Å². The lowest BCUT2D eigenvalue weighted by molar-refractivity contribution is 0.224. The van der Waals surface area contributed by atoms with Gasteiger partial charge in [-0.3, -0.25) is 0 Å². The molecule has 29 heavy (non-hydrogen) atoms. The molecule has 0 fully saturated rings. The third kappa shape index (κ3) is 2.84. The Morgan fingerprint density at radius 3 is 1.90 bits per heavy atom. The van der Waals surface area contributed by atoms with E-state index in [1.54, 1.807) is 0 Å². The molecule has 5 rings (SSSR count). The molecule has 0 radical (unpaired) electrons. The molecule has 3 atom stereocenters. The lowest BCUT2D eigenvalue weighted by atomic mass is 9.73. The molecule has 3 aromatic rings. The number of allylic oxidation sites excluding steroid dienone is 2. The normalized spacial score (nSPS) is 24.3. The molecular formula is C27H25OP. The highest BCUT2D eigenvalue weighted by atomic mass is 31.1. The Balaban J connectivity index is 1.73. The number of rotatable bonds is 4. The Morgan fingerprint density at radius 2 is 1.31 bits per heavy atom. The van der Waals surface area contributed by atoms with Crippen molar-refractivity contribution in [3.05, 3.63) is 119 Å². The Hall–Kier alpha value is -2.47. The van der Waals surface area contributed by atoms with E-state index in [2.05, 4.69) is 74.5 Å². The molecule has 0 saturated heterocycles. The van der Waals surface area contributed by atoms with Crippen LogP contribution >= 0.6 is 7.92 Å². The van der Waals surface area contributed by atoms with E-state index >= 15 is 0 Å². The Bertz CT molecular complexity index is 1100. The van der Waals surface area contributed by atoms with Gasteiger partial charge >= 0.3 is 0 Å². The summed E-state index contributed by atoms with van der Waals surface area (Å²) >= 11 is 0. The maximum atomic E-state index is 11.6. The molecule has 0 aliphatic carbocycles. The zero-order valence-electron chi connectivity index (χ0n) is 16.8. The van der Waals surface area contributed by atoms with Crippen molar-refractivity contribution < 1.29 is 5.11 Å². The van der Waals surface area contributed by atoms with Crippen molar-refractivity contribution in [2.45, 2.75) is 20.0 Å². The van der Waals surface area contributed by atoms with E-state index < -0.39 is 14.0 Å². The molecule has 2 heterocycles. The smallest absolute Gasteiger partial charge is 0.105 e. The number of aliphatic hydroxyl groups excluding tert-OH is 1. The highest BCUT2D eigenvalue weighted by Crippen LogP contribution is 2.79. The van der Waals surface area contributed by atoms with Crippen LogP contribution < -0.4 is 0 Å². The zero-order chi connectivity index (χ0) is 20.0. The van der Waals surface area contributed by atoms with Crippen molar-refractivity contribution in [3.8, 4) is 0 Å². The topological polar surface area (TPSA) is 20.2 Å². The van der Waals surface area contributed by atoms with Gasteiger partial charge < -0.3 is 5.11 Å². The molecule has 2 aliphatic heterocycles. The van der Waals surface area contributed by atoms with E-state index in [4.69, 9.17) is 0 Å². The van der Waals surface area contributed by atoms with Crippen LogP contribution in [0.3, 0.4) is 0 Å². The fraction of sp³-hybridized carbons (Fsp3) is 0.185. The molecule has 3 unspecified atom stereocenters. The highest BCUT2D eigenvalue weighted by molar-refractivity contribution is 7.73. The van der Waals surface area contributed by atoms with Crippen molar-refractivity contribution >= 4 is 18.8 Å². The Morgan fingerprint density at radius 1 is 0.793 bits per heavy atom. The minimum Gasteiger partial charge on any atom is -0.384 e. The van der Waals surface area contributed by atoms with Gasteiger partial charge in [0.1, 0.15) is 6.10 Å². The van der Waals surface area contributed by atoms with Gasteiger partial charge in [0, 0.05) is 5.41 Å². The minimum atomic E-state index is -0.577. The monoisotopic (exact) mass is 396 g/mol. The Labute approximate surface area is 174 Å². The van der Waals surface area contributed by atoms with Crippen LogP contribution in [0, 0.1) is 5.41 Å². The largest absolute Gasteiger partial charge is 0.384 e. The fourth-order valence-corrected chi connectivity index (χ4v) is 8.78. The van der Waals surface area contributed by atoms with Gasteiger partial charge in [0.15, 0.2) is 0 Å². The number of aliphatic hydroxyl groups is 1. The van der Waals surface area contributed by atoms with Gasteiger partial charge in [-0.1, -0.05) is 103 Å². The summed E-state index contributed by atoms with van der Waals surface area (Å²) in [7, 11) is -0.577. The molecule has 1 nitrogen and oxygen atoms in total. The van der Waals surface area contributed by atoms with E-state index in [-0.39, 0.29) is 5.41 Å². The SMILES string of the molecule is CC1=C(c2ccccc2)P2CC1(C)C(c1ccccc1)=C2C(O)c1ccccc1. The number of hydrogen-bond acceptors (Lipinski definition) is 1. The summed E-state index contributed by atoms with van der Waals surface area (Å²) in [5.74, 6) is 0. The molecule has 0 amide bonds. The van der Waals surface area contributed by atoms with Crippen molar-refractivity contribution in [1.29, 1.82) is 0 Å². The maximum Gasteiger partial charge on any atom is 0.105 e. The van der Waals surface area contributed by atoms with Gasteiger partial charge in [-0.05, 0) is 53.9 Å². The standard InChI is InChI=1S/C27H25OP/c1-19-25(22-16-10-5-11-17-22)29-18-27(19,2)23(20-12-6-3-7-13-20)26(29)24(28)21-14-8-4-9-15-21/h3-17,24,28H,18H2,1-2H3. The van der Waals surface area contributed by atoms with Crippen LogP contribution in [0.25, 0.3) is 10.9 Å². The molecule has 0 spiro atoms. The first-order valence-corrected chi connectivity index (χ1v) is 11.7. The molecule has 1 N–H and O–H groups in total. The highest BCUT2D eigenvalue weighted by Gasteiger charge is 2.53. The van der Waals surface area contributed by atoms with E-state index in [0.717, 1.165) is 11.7 Å². The van der Waals surface area contributed by atoms with Crippen LogP contribution in [0.1, 0.15) is 36.6 Å². The first-order chi connectivity index (χ1) is 14.1. The summed E-state index contributed by atoms with van der Waals surface area (Å²) in [5.41, 5.74) is 6.33. The van der Waals surface area contributed by atoms with Crippen LogP contribution in [0.5, 0.6) is 0 Å². The number of fused-ring (bicyclic) bond motifs is 2. The van der Waals surface area contributed by atoms with Crippen LogP contribution in [-0.2, 0) is 0 Å². The van der Waals surface area contributed by atoms with E-state index in [9.17, 15) is 5.11 Å². The number of benzene rings is 3. The fourth-order valence-electron chi connectivity index (χ4n) is 4.98. The van der Waals surface area contributed by atoms with E-state index in [1.165, 1.54) is 32.9 Å². The third-order valence-electron chi connectivity index (χ3n) is 6.51. The van der Waals surface area contributed by atoms with Gasteiger partial charge in [-0.25, -0.2) is 0 Å². The summed E-state index contributed by atoms with van der Waals surface area (Å²) in [4.78, 5) is 0. The van der Waals surface area contributed by atoms with Crippen LogP contribution in [0.2, 0.25) is 0 Å². The second kappa shape index (κ2) is 7.10. The molecule has 2 bridgehead atoms. The van der Waals surface area contributed by atoms with Gasteiger partial charge in [0.05, 0.1) is 0 Å². The summed E-state index contributed by atoms with van der Waals surface area (Å²) < 4.78 is 0. The Kier molecular flexibility index (Phi) is 4.54. The van der Waals surface area contributed by atoms with Crippen molar-refractivity contribution in [2.75, 3.05) is 6.16 Å². The van der Waals surface area contributed by atoms with Crippen molar-refractivity contribution in [3.63, 3.8) is 0 Å². The van der Waals surface area contributed by atoms with Crippen molar-refractivity contribution in [2.24, 2.45) is 5.41 Å². The summed E-state index contributed by atoms with van der Waals surface area (Å²) in [6, 6.07) is 31.6. The quantitative estimate of drug-likeness (QED) is 0.467. The average molecular weight is 396 g/mol. The van der Waals surface area contributed by atoms with E-state index in [1.807, 2.05) is 30.3 Å². The molecule has 144 valence electrons. The molecule has 0 aromatic heterocycles. The summed E-state index contributed by atoms with van der Waals surface area (Å²) in [5, 5.41) is 14.3. The number of hydrogen-bond donors (Lipinski definition) is 1. The van der Waals surface area contributed by atoms with Gasteiger partial charge in [0.25, 0.3) is 0 Å². The van der Waals surface area contributed by atoms with Crippen LogP contribution in [0.15, 0.2) is 102 Å². The molecular weight excluding hydrogens is 371 g/mol. The minimum absolute atomic E-state index is 0.0245. The van der Waals surface area contributed by atoms with Gasteiger partial charge in [-0.2, -0.15) is 0 Å². The second-order valence-electron chi connectivity index (χ2n) is 8.20. The van der Waals surface area contributed by atoms with Gasteiger partial charge in [0.2, 0.25) is 0 Å². The molecule has 2 heteroatoms. The molecule has 3 aromatic carbocycles. The maximum absolute atomic E-state index is 11.6. The lowest BCUT2D eigenvalue weighted by Crippen LogP contribution is -2.19. The molecule has 0 saturated carbocycles. The van der Waals surface area contributed by atoms with Crippen LogP contribution in [-0.4, -0.2) is 11.3 Å². The summed E-state index contributed by atoms with van der Waals surface area (Å²) in [6.07, 6.45) is 0.535. The zero-order valence-corrected chi connectivity index (χ0v) is 17.7. The average Bonchev–Trinajstić information content (AvgIpc) is 3.22. The lowest BCUT2D eigenvalue weighted by Gasteiger charge is -2.33. The van der Waals surface area contributed by atoms with Crippen molar-refractivity contribution in [1.82, 2.24) is 0 Å². The molecule has 2 aliphatic rings. The first kappa shape index (κ1) is 18.6.